The molecule has 0 saturated heterocycles. The highest BCUT2D eigenvalue weighted by atomic mass is 19.1. The van der Waals surface area contributed by atoms with Crippen LogP contribution in [0.5, 0.6) is 0 Å². The minimum absolute atomic E-state index is 0.307. The first-order valence-electron chi connectivity index (χ1n) is 5.12. The van der Waals surface area contributed by atoms with Crippen molar-refractivity contribution in [3.05, 3.63) is 36.3 Å². The molecule has 3 aromatic rings. The number of aryl methyl sites for hydroxylation is 1. The highest BCUT2D eigenvalue weighted by Gasteiger charge is 2.14. The van der Waals surface area contributed by atoms with Gasteiger partial charge in [-0.15, -0.1) is 0 Å². The number of hydrogen-bond acceptors (Lipinski definition) is 3. The van der Waals surface area contributed by atoms with Gasteiger partial charge in [-0.2, -0.15) is 5.10 Å². The Hall–Kier alpha value is -2.30. The zero-order valence-corrected chi connectivity index (χ0v) is 9.14. The topological polar surface area (TPSA) is 57.0 Å². The van der Waals surface area contributed by atoms with E-state index in [0.717, 1.165) is 0 Å². The smallest absolute Gasteiger partial charge is 0.155 e. The lowest BCUT2D eigenvalue weighted by atomic mass is 10.2. The molecule has 0 spiro atoms. The molecule has 0 amide bonds. The van der Waals surface area contributed by atoms with Gasteiger partial charge in [0.05, 0.1) is 17.3 Å². The molecular formula is C12H10FN3O. The third-order valence-electron chi connectivity index (χ3n) is 2.71. The highest BCUT2D eigenvalue weighted by Crippen LogP contribution is 2.31. The quantitative estimate of drug-likeness (QED) is 0.700. The number of benzene rings is 1. The third-order valence-corrected chi connectivity index (χ3v) is 2.71. The summed E-state index contributed by atoms with van der Waals surface area (Å²) < 4.78 is 20.7. The summed E-state index contributed by atoms with van der Waals surface area (Å²) in [6, 6.07) is 6.36. The fraction of sp³-hybridized carbons (Fsp3) is 0.0833. The van der Waals surface area contributed by atoms with Crippen LogP contribution >= 0.6 is 0 Å². The van der Waals surface area contributed by atoms with E-state index in [0.29, 0.717) is 28.1 Å². The predicted molar refractivity (Wildman–Crippen MR) is 62.8 cm³/mol. The van der Waals surface area contributed by atoms with Gasteiger partial charge in [-0.25, -0.2) is 4.39 Å². The Morgan fingerprint density at radius 1 is 1.41 bits per heavy atom. The van der Waals surface area contributed by atoms with Crippen LogP contribution in [0, 0.1) is 5.82 Å². The number of aromatic nitrogens is 2. The van der Waals surface area contributed by atoms with Crippen molar-refractivity contribution in [2.24, 2.45) is 7.05 Å². The predicted octanol–water partition coefficient (Wildman–Crippen LogP) is 2.55. The Kier molecular flexibility index (Phi) is 1.95. The zero-order valence-electron chi connectivity index (χ0n) is 9.14. The standard InChI is InChI=1S/C12H10FN3O/c1-16-12(9(14)6-15-16)11-5-7-8(13)3-2-4-10(7)17-11/h2-6H,14H2,1H3. The van der Waals surface area contributed by atoms with Crippen LogP contribution in [0.2, 0.25) is 0 Å². The normalized spacial score (nSPS) is 11.2. The van der Waals surface area contributed by atoms with Crippen molar-refractivity contribution < 1.29 is 8.81 Å². The van der Waals surface area contributed by atoms with Crippen molar-refractivity contribution in [3.63, 3.8) is 0 Å². The molecule has 2 heterocycles. The average molecular weight is 231 g/mol. The van der Waals surface area contributed by atoms with Crippen molar-refractivity contribution in [1.82, 2.24) is 9.78 Å². The molecule has 3 rings (SSSR count). The Labute approximate surface area is 96.4 Å². The lowest BCUT2D eigenvalue weighted by Gasteiger charge is -1.98. The van der Waals surface area contributed by atoms with E-state index in [-0.39, 0.29) is 5.82 Å². The molecule has 0 aliphatic heterocycles. The molecule has 2 aromatic heterocycles. The van der Waals surface area contributed by atoms with E-state index in [2.05, 4.69) is 5.10 Å². The van der Waals surface area contributed by atoms with Crippen LogP contribution in [0.3, 0.4) is 0 Å². The molecule has 0 atom stereocenters. The van der Waals surface area contributed by atoms with Crippen LogP contribution < -0.4 is 5.73 Å². The summed E-state index contributed by atoms with van der Waals surface area (Å²) in [5.41, 5.74) is 7.46. The summed E-state index contributed by atoms with van der Waals surface area (Å²) >= 11 is 0. The number of furan rings is 1. The molecule has 0 aliphatic rings. The first kappa shape index (κ1) is 9.89. The Morgan fingerprint density at radius 2 is 2.24 bits per heavy atom. The molecule has 0 saturated carbocycles. The number of fused-ring (bicyclic) bond motifs is 1. The number of rotatable bonds is 1. The second-order valence-corrected chi connectivity index (χ2v) is 3.83. The van der Waals surface area contributed by atoms with E-state index < -0.39 is 0 Å². The molecule has 86 valence electrons. The van der Waals surface area contributed by atoms with E-state index in [9.17, 15) is 4.39 Å². The van der Waals surface area contributed by atoms with E-state index in [4.69, 9.17) is 10.2 Å². The molecule has 1 aromatic carbocycles. The Balaban J connectivity index is 2.29. The van der Waals surface area contributed by atoms with Crippen LogP contribution in [-0.2, 0) is 7.05 Å². The molecular weight excluding hydrogens is 221 g/mol. The Morgan fingerprint density at radius 3 is 2.88 bits per heavy atom. The maximum atomic E-state index is 13.5. The first-order chi connectivity index (χ1) is 8.16. The van der Waals surface area contributed by atoms with Crippen molar-refractivity contribution in [3.8, 4) is 11.5 Å². The van der Waals surface area contributed by atoms with E-state index in [1.807, 2.05) is 0 Å². The van der Waals surface area contributed by atoms with Crippen LogP contribution in [0.25, 0.3) is 22.4 Å². The molecule has 0 unspecified atom stereocenters. The maximum Gasteiger partial charge on any atom is 0.155 e. The van der Waals surface area contributed by atoms with Gasteiger partial charge in [0.1, 0.15) is 17.1 Å². The minimum atomic E-state index is -0.307. The van der Waals surface area contributed by atoms with Crippen LogP contribution in [0.15, 0.2) is 34.9 Å². The summed E-state index contributed by atoms with van der Waals surface area (Å²) in [6.07, 6.45) is 1.54. The number of nitrogen functional groups attached to an aromatic ring is 1. The molecule has 4 nitrogen and oxygen atoms in total. The largest absolute Gasteiger partial charge is 0.454 e. The fourth-order valence-electron chi connectivity index (χ4n) is 1.90. The van der Waals surface area contributed by atoms with Gasteiger partial charge in [0.15, 0.2) is 5.76 Å². The van der Waals surface area contributed by atoms with Crippen molar-refractivity contribution in [2.75, 3.05) is 5.73 Å². The average Bonchev–Trinajstić information content (AvgIpc) is 2.84. The minimum Gasteiger partial charge on any atom is -0.454 e. The summed E-state index contributed by atoms with van der Waals surface area (Å²) in [5, 5.41) is 4.47. The number of nitrogens with two attached hydrogens (primary N) is 1. The van der Waals surface area contributed by atoms with Crippen molar-refractivity contribution in [2.45, 2.75) is 0 Å². The molecule has 0 bridgehead atoms. The zero-order chi connectivity index (χ0) is 12.0. The van der Waals surface area contributed by atoms with E-state index in [1.54, 1.807) is 36.1 Å². The van der Waals surface area contributed by atoms with Gasteiger partial charge in [-0.05, 0) is 18.2 Å². The lowest BCUT2D eigenvalue weighted by Crippen LogP contribution is -1.94. The Bertz CT molecular complexity index is 679. The molecule has 17 heavy (non-hydrogen) atoms. The van der Waals surface area contributed by atoms with E-state index in [1.165, 1.54) is 6.07 Å². The van der Waals surface area contributed by atoms with Gasteiger partial charge in [0.2, 0.25) is 0 Å². The van der Waals surface area contributed by atoms with Gasteiger partial charge >= 0.3 is 0 Å². The second-order valence-electron chi connectivity index (χ2n) is 3.83. The van der Waals surface area contributed by atoms with Crippen LogP contribution in [0.1, 0.15) is 0 Å². The summed E-state index contributed by atoms with van der Waals surface area (Å²) in [6.45, 7) is 0. The van der Waals surface area contributed by atoms with Crippen LogP contribution in [0.4, 0.5) is 10.1 Å². The van der Waals surface area contributed by atoms with Gasteiger partial charge in [-0.3, -0.25) is 4.68 Å². The molecule has 0 fully saturated rings. The maximum absolute atomic E-state index is 13.5. The number of hydrogen-bond donors (Lipinski definition) is 1. The monoisotopic (exact) mass is 231 g/mol. The molecule has 5 heteroatoms. The third kappa shape index (κ3) is 1.39. The van der Waals surface area contributed by atoms with Gasteiger partial charge in [0.25, 0.3) is 0 Å². The first-order valence-corrected chi connectivity index (χ1v) is 5.12. The van der Waals surface area contributed by atoms with Crippen molar-refractivity contribution in [1.29, 1.82) is 0 Å². The van der Waals surface area contributed by atoms with E-state index >= 15 is 0 Å². The van der Waals surface area contributed by atoms with Gasteiger partial charge in [-0.1, -0.05) is 6.07 Å². The SMILES string of the molecule is Cn1ncc(N)c1-c1cc2c(F)cccc2o1. The second kappa shape index (κ2) is 3.35. The van der Waals surface area contributed by atoms with Crippen LogP contribution in [-0.4, -0.2) is 9.78 Å². The number of anilines is 1. The molecule has 0 aliphatic carbocycles. The lowest BCUT2D eigenvalue weighted by molar-refractivity contribution is 0.613. The number of halogens is 1. The summed E-state index contributed by atoms with van der Waals surface area (Å²) in [4.78, 5) is 0. The summed E-state index contributed by atoms with van der Waals surface area (Å²) in [5.74, 6) is 0.209. The van der Waals surface area contributed by atoms with Crippen molar-refractivity contribution >= 4 is 16.7 Å². The molecule has 2 N–H and O–H groups in total. The summed E-state index contributed by atoms with van der Waals surface area (Å²) in [7, 11) is 1.76. The highest BCUT2D eigenvalue weighted by molar-refractivity contribution is 5.84. The molecule has 0 radical (unpaired) electrons. The fourth-order valence-corrected chi connectivity index (χ4v) is 1.90. The van der Waals surface area contributed by atoms with Gasteiger partial charge in [0, 0.05) is 7.05 Å². The number of nitrogens with zero attached hydrogens (tertiary/aromatic N) is 2. The van der Waals surface area contributed by atoms with Gasteiger partial charge < -0.3 is 10.2 Å².